The van der Waals surface area contributed by atoms with Crippen LogP contribution in [0.25, 0.3) is 16.7 Å². The first-order valence-electron chi connectivity index (χ1n) is 11.2. The molecule has 0 bridgehead atoms. The molecule has 1 unspecified atom stereocenters. The van der Waals surface area contributed by atoms with Crippen LogP contribution in [0.3, 0.4) is 0 Å². The molecule has 4 rings (SSSR count). The van der Waals surface area contributed by atoms with Crippen molar-refractivity contribution < 1.29 is 43.5 Å². The summed E-state index contributed by atoms with van der Waals surface area (Å²) in [7, 11) is 0. The maximum Gasteiger partial charge on any atom is -1.00 e. The number of halogens is 2. The van der Waals surface area contributed by atoms with E-state index in [1.54, 1.807) is 20.5 Å². The van der Waals surface area contributed by atoms with Crippen LogP contribution >= 0.6 is 0 Å². The zero-order valence-corrected chi connectivity index (χ0v) is 23.7. The fourth-order valence-electron chi connectivity index (χ4n) is 4.87. The quantitative estimate of drug-likeness (QED) is 0.552. The van der Waals surface area contributed by atoms with Crippen LogP contribution in [0.15, 0.2) is 48.6 Å². The second-order valence-corrected chi connectivity index (χ2v) is 14.1. The van der Waals surface area contributed by atoms with Gasteiger partial charge in [-0.2, -0.15) is 0 Å². The molecule has 0 spiro atoms. The Bertz CT molecular complexity index is 1100. The fraction of sp³-hybridized carbons (Fsp3) is 0.414. The van der Waals surface area contributed by atoms with E-state index in [0.29, 0.717) is 4.22 Å². The summed E-state index contributed by atoms with van der Waals surface area (Å²) in [6, 6.07) is 12.2. The SMILES string of the molecule is C[C](C)=[Ti+2][CH]1c2cc(C(C)(C)C)ccc2-c2ccc(C(C)(C)C)c(C3=CC=CC3)c21.[Cl-].[Cl-]. The molecular weight excluding hydrogens is 467 g/mol. The van der Waals surface area contributed by atoms with Crippen molar-refractivity contribution in [1.82, 2.24) is 0 Å². The van der Waals surface area contributed by atoms with E-state index in [-0.39, 0.29) is 54.3 Å². The Morgan fingerprint density at radius 1 is 0.875 bits per heavy atom. The molecule has 169 valence electrons. The molecule has 32 heavy (non-hydrogen) atoms. The first kappa shape index (κ1) is 27.3. The molecule has 0 heterocycles. The Kier molecular flexibility index (Phi) is 8.33. The van der Waals surface area contributed by atoms with Crippen LogP contribution in [0, 0.1) is 0 Å². The van der Waals surface area contributed by atoms with Crippen molar-refractivity contribution in [3.63, 3.8) is 0 Å². The van der Waals surface area contributed by atoms with Crippen LogP contribution in [0.1, 0.15) is 93.9 Å². The maximum absolute atomic E-state index is 2.54. The molecule has 1 atom stereocenters. The van der Waals surface area contributed by atoms with Crippen LogP contribution < -0.4 is 24.8 Å². The van der Waals surface area contributed by atoms with Gasteiger partial charge < -0.3 is 24.8 Å². The van der Waals surface area contributed by atoms with E-state index in [1.165, 1.54) is 27.8 Å². The smallest absolute Gasteiger partial charge is 1.00 e. The van der Waals surface area contributed by atoms with Gasteiger partial charge in [0, 0.05) is 0 Å². The van der Waals surface area contributed by atoms with Crippen molar-refractivity contribution in [1.29, 1.82) is 0 Å². The fourth-order valence-corrected chi connectivity index (χ4v) is 7.08. The largest absolute Gasteiger partial charge is 1.00 e. The van der Waals surface area contributed by atoms with E-state index >= 15 is 0 Å². The van der Waals surface area contributed by atoms with Crippen LogP contribution in [-0.2, 0) is 29.5 Å². The van der Waals surface area contributed by atoms with Gasteiger partial charge in [0.15, 0.2) is 0 Å². The molecule has 2 aliphatic rings. The summed E-state index contributed by atoms with van der Waals surface area (Å²) in [6.07, 6.45) is 7.96. The number of benzene rings is 2. The molecular formula is C29H35Cl2Ti. The van der Waals surface area contributed by atoms with E-state index in [1.807, 2.05) is 0 Å². The van der Waals surface area contributed by atoms with E-state index in [0.717, 1.165) is 6.42 Å². The van der Waals surface area contributed by atoms with Crippen molar-refractivity contribution in [3.05, 3.63) is 76.4 Å². The molecule has 0 saturated heterocycles. The molecule has 0 saturated carbocycles. The van der Waals surface area contributed by atoms with Gasteiger partial charge in [-0.3, -0.25) is 0 Å². The minimum atomic E-state index is -0.242. The summed E-state index contributed by atoms with van der Waals surface area (Å²) in [5, 5.41) is 0. The maximum atomic E-state index is 2.54. The standard InChI is InChI=1S/C26H29.C3H6.2ClH.Ti/c1-25(2,3)19-11-12-20-18(15-19)16-22-21(20)13-14-23(26(4,5)6)24(22)17-9-7-8-10-17;1-3-2;;;/h7-9,11-16H,10H2,1-6H3;1-2H3;2*1H;/q;;;;+2/p-2. The van der Waals surface area contributed by atoms with E-state index in [2.05, 4.69) is 104 Å². The summed E-state index contributed by atoms with van der Waals surface area (Å²) in [4.78, 5) is 0. The summed E-state index contributed by atoms with van der Waals surface area (Å²) < 4.78 is 2.20. The second-order valence-electron chi connectivity index (χ2n) is 11.2. The van der Waals surface area contributed by atoms with Gasteiger partial charge in [0.2, 0.25) is 0 Å². The van der Waals surface area contributed by atoms with E-state index in [4.69, 9.17) is 0 Å². The van der Waals surface area contributed by atoms with Gasteiger partial charge >= 0.3 is 192 Å². The molecule has 0 aliphatic heterocycles. The Balaban J connectivity index is 0.00000181. The summed E-state index contributed by atoms with van der Waals surface area (Å²) in [5.41, 5.74) is 12.5. The zero-order chi connectivity index (χ0) is 21.8. The van der Waals surface area contributed by atoms with E-state index in [9.17, 15) is 0 Å². The molecule has 2 aromatic carbocycles. The number of allylic oxidation sites excluding steroid dienone is 4. The third-order valence-electron chi connectivity index (χ3n) is 6.39. The molecule has 0 amide bonds. The topological polar surface area (TPSA) is 0 Å². The first-order valence-corrected chi connectivity index (χ1v) is 12.9. The van der Waals surface area contributed by atoms with Crippen LogP contribution in [0.5, 0.6) is 0 Å². The van der Waals surface area contributed by atoms with Gasteiger partial charge in [-0.05, 0) is 0 Å². The number of hydrogen-bond acceptors (Lipinski definition) is 0. The third kappa shape index (κ3) is 4.95. The van der Waals surface area contributed by atoms with Crippen LogP contribution in [0.4, 0.5) is 0 Å². The van der Waals surface area contributed by atoms with Crippen molar-refractivity contribution in [2.24, 2.45) is 0 Å². The average Bonchev–Trinajstić information content (AvgIpc) is 3.26. The summed E-state index contributed by atoms with van der Waals surface area (Å²) in [6.45, 7) is 18.8. The van der Waals surface area contributed by atoms with Crippen LogP contribution in [-0.4, -0.2) is 3.81 Å². The van der Waals surface area contributed by atoms with Crippen molar-refractivity contribution >= 4 is 9.38 Å². The van der Waals surface area contributed by atoms with Crippen molar-refractivity contribution in [3.8, 4) is 11.1 Å². The number of rotatable bonds is 2. The van der Waals surface area contributed by atoms with Gasteiger partial charge in [-0.1, -0.05) is 0 Å². The minimum Gasteiger partial charge on any atom is -1.00 e. The molecule has 0 aromatic heterocycles. The number of hydrogen-bond donors (Lipinski definition) is 0. The predicted molar refractivity (Wildman–Crippen MR) is 129 cm³/mol. The van der Waals surface area contributed by atoms with Gasteiger partial charge in [-0.15, -0.1) is 0 Å². The van der Waals surface area contributed by atoms with Crippen LogP contribution in [0.2, 0.25) is 0 Å². The normalized spacial score (nSPS) is 16.4. The van der Waals surface area contributed by atoms with Gasteiger partial charge in [0.1, 0.15) is 0 Å². The molecule has 0 N–H and O–H groups in total. The Labute approximate surface area is 216 Å². The predicted octanol–water partition coefficient (Wildman–Crippen LogP) is 2.00. The summed E-state index contributed by atoms with van der Waals surface area (Å²) >= 11 is -0.242. The van der Waals surface area contributed by atoms with Gasteiger partial charge in [-0.25, -0.2) is 0 Å². The van der Waals surface area contributed by atoms with Gasteiger partial charge in [0.25, 0.3) is 0 Å². The Morgan fingerprint density at radius 3 is 2.06 bits per heavy atom. The van der Waals surface area contributed by atoms with E-state index < -0.39 is 0 Å². The molecule has 2 aliphatic carbocycles. The Morgan fingerprint density at radius 2 is 1.53 bits per heavy atom. The minimum absolute atomic E-state index is 0. The van der Waals surface area contributed by atoms with Gasteiger partial charge in [0.05, 0.1) is 0 Å². The molecule has 0 radical (unpaired) electrons. The number of fused-ring (bicyclic) bond motifs is 3. The monoisotopic (exact) mass is 501 g/mol. The molecule has 3 heteroatoms. The zero-order valence-electron chi connectivity index (χ0n) is 20.7. The summed E-state index contributed by atoms with van der Waals surface area (Å²) in [5.74, 6) is 0. The molecule has 0 nitrogen and oxygen atoms in total. The second kappa shape index (κ2) is 9.75. The molecule has 0 fully saturated rings. The first-order chi connectivity index (χ1) is 14.0. The Hall–Kier alpha value is -0.916. The van der Waals surface area contributed by atoms with Crippen molar-refractivity contribution in [2.45, 2.75) is 76.9 Å². The molecule has 2 aromatic rings. The average molecular weight is 502 g/mol. The third-order valence-corrected chi connectivity index (χ3v) is 8.68. The van der Waals surface area contributed by atoms with Crippen molar-refractivity contribution in [2.75, 3.05) is 0 Å².